The molecule has 1 amide bonds. The molecule has 26 heavy (non-hydrogen) atoms. The number of ether oxygens (including phenoxy) is 2. The van der Waals surface area contributed by atoms with Gasteiger partial charge in [0.25, 0.3) is 5.91 Å². The van der Waals surface area contributed by atoms with E-state index in [1.165, 1.54) is 0 Å². The number of fused-ring (bicyclic) bond motifs is 1. The molecule has 0 spiro atoms. The number of carbonyl (C=O) groups excluding carboxylic acids is 1. The highest BCUT2D eigenvalue weighted by Crippen LogP contribution is 2.36. The molecule has 130 valence electrons. The van der Waals surface area contributed by atoms with E-state index < -0.39 is 0 Å². The number of benzene rings is 1. The van der Waals surface area contributed by atoms with Crippen LogP contribution in [0.1, 0.15) is 12.0 Å². The zero-order chi connectivity index (χ0) is 18.1. The molecule has 1 fully saturated rings. The zero-order valence-electron chi connectivity index (χ0n) is 13.5. The molecule has 0 aliphatic carbocycles. The third kappa shape index (κ3) is 2.98. The molecular weight excluding hydrogens is 354 g/mol. The summed E-state index contributed by atoms with van der Waals surface area (Å²) in [6, 6.07) is 7.63. The van der Waals surface area contributed by atoms with Crippen LogP contribution >= 0.6 is 12.2 Å². The van der Waals surface area contributed by atoms with Gasteiger partial charge in [0.15, 0.2) is 16.6 Å². The number of hydrogen-bond donors (Lipinski definition) is 2. The van der Waals surface area contributed by atoms with Gasteiger partial charge in [0.05, 0.1) is 24.7 Å². The van der Waals surface area contributed by atoms with E-state index in [-0.39, 0.29) is 17.8 Å². The highest BCUT2D eigenvalue weighted by atomic mass is 32.1. The lowest BCUT2D eigenvalue weighted by Crippen LogP contribution is -2.21. The molecule has 8 nitrogen and oxygen atoms in total. The number of thiocarbonyl (C=S) groups is 1. The molecule has 2 N–H and O–H groups in total. The molecule has 0 bridgehead atoms. The van der Waals surface area contributed by atoms with Crippen molar-refractivity contribution >= 4 is 29.3 Å². The zero-order valence-corrected chi connectivity index (χ0v) is 14.3. The van der Waals surface area contributed by atoms with Gasteiger partial charge in [-0.2, -0.15) is 10.4 Å². The summed E-state index contributed by atoms with van der Waals surface area (Å²) in [6.45, 7) is 0.642. The van der Waals surface area contributed by atoms with E-state index in [1.807, 2.05) is 18.2 Å². The second-order valence-electron chi connectivity index (χ2n) is 5.64. The number of nitrogens with zero attached hydrogens (tertiary/aromatic N) is 3. The fourth-order valence-corrected chi connectivity index (χ4v) is 2.93. The first-order valence-corrected chi connectivity index (χ1v) is 8.23. The van der Waals surface area contributed by atoms with E-state index in [0.29, 0.717) is 35.9 Å². The van der Waals surface area contributed by atoms with Crippen LogP contribution in [0.4, 0.5) is 0 Å². The Hall–Kier alpha value is -3.38. The molecule has 4 rings (SSSR count). The topological polar surface area (TPSA) is 101 Å². The van der Waals surface area contributed by atoms with Gasteiger partial charge in [-0.3, -0.25) is 14.8 Å². The van der Waals surface area contributed by atoms with Crippen LogP contribution < -0.4 is 20.1 Å². The SMILES string of the molecule is N#CCCn1cc(C=C2NC(=S)NC2=O)c(-c2ccc3c(c2)OCO3)n1. The Labute approximate surface area is 154 Å². The van der Waals surface area contributed by atoms with Crippen molar-refractivity contribution in [3.8, 4) is 28.8 Å². The van der Waals surface area contributed by atoms with Gasteiger partial charge >= 0.3 is 0 Å². The van der Waals surface area contributed by atoms with Crippen molar-refractivity contribution in [1.82, 2.24) is 20.4 Å². The Morgan fingerprint density at radius 2 is 2.19 bits per heavy atom. The van der Waals surface area contributed by atoms with Gasteiger partial charge in [0.1, 0.15) is 5.70 Å². The molecule has 1 aromatic carbocycles. The minimum Gasteiger partial charge on any atom is -0.454 e. The summed E-state index contributed by atoms with van der Waals surface area (Å²) in [5.41, 5.74) is 2.56. The van der Waals surface area contributed by atoms with Crippen molar-refractivity contribution in [2.24, 2.45) is 0 Å². The smallest absolute Gasteiger partial charge is 0.273 e. The Bertz CT molecular complexity index is 989. The first-order chi connectivity index (χ1) is 12.6. The summed E-state index contributed by atoms with van der Waals surface area (Å²) in [5.74, 6) is 1.03. The summed E-state index contributed by atoms with van der Waals surface area (Å²) in [7, 11) is 0. The second kappa shape index (κ2) is 6.50. The van der Waals surface area contributed by atoms with E-state index in [4.69, 9.17) is 27.0 Å². The minimum absolute atomic E-state index is 0.188. The van der Waals surface area contributed by atoms with Crippen molar-refractivity contribution < 1.29 is 14.3 Å². The fourth-order valence-electron chi connectivity index (χ4n) is 2.73. The summed E-state index contributed by atoms with van der Waals surface area (Å²) in [4.78, 5) is 11.9. The fraction of sp³-hybridized carbons (Fsp3) is 0.176. The van der Waals surface area contributed by atoms with Crippen LogP contribution in [0.25, 0.3) is 17.3 Å². The molecule has 2 aliphatic rings. The van der Waals surface area contributed by atoms with Crippen LogP contribution in [-0.4, -0.2) is 27.6 Å². The van der Waals surface area contributed by atoms with E-state index in [9.17, 15) is 4.79 Å². The van der Waals surface area contributed by atoms with Crippen LogP contribution in [-0.2, 0) is 11.3 Å². The first kappa shape index (κ1) is 16.1. The van der Waals surface area contributed by atoms with E-state index in [0.717, 1.165) is 11.1 Å². The number of nitriles is 1. The van der Waals surface area contributed by atoms with Crippen molar-refractivity contribution in [3.63, 3.8) is 0 Å². The molecule has 0 radical (unpaired) electrons. The van der Waals surface area contributed by atoms with Crippen LogP contribution in [0.5, 0.6) is 11.5 Å². The summed E-state index contributed by atoms with van der Waals surface area (Å²) >= 11 is 4.96. The second-order valence-corrected chi connectivity index (χ2v) is 6.05. The highest BCUT2D eigenvalue weighted by Gasteiger charge is 2.22. The van der Waals surface area contributed by atoms with Gasteiger partial charge in [-0.15, -0.1) is 0 Å². The maximum absolute atomic E-state index is 11.9. The Morgan fingerprint density at radius 1 is 1.35 bits per heavy atom. The minimum atomic E-state index is -0.295. The number of nitrogens with one attached hydrogen (secondary N) is 2. The predicted molar refractivity (Wildman–Crippen MR) is 95.9 cm³/mol. The van der Waals surface area contributed by atoms with Gasteiger partial charge in [0.2, 0.25) is 6.79 Å². The third-order valence-electron chi connectivity index (χ3n) is 3.91. The highest BCUT2D eigenvalue weighted by molar-refractivity contribution is 7.80. The van der Waals surface area contributed by atoms with Gasteiger partial charge in [-0.05, 0) is 36.5 Å². The number of hydrogen-bond acceptors (Lipinski definition) is 6. The van der Waals surface area contributed by atoms with Crippen LogP contribution in [0.2, 0.25) is 0 Å². The van der Waals surface area contributed by atoms with Gasteiger partial charge < -0.3 is 14.8 Å². The maximum Gasteiger partial charge on any atom is 0.273 e. The average molecular weight is 367 g/mol. The van der Waals surface area contributed by atoms with Gasteiger partial charge in [0, 0.05) is 17.3 Å². The molecule has 2 aliphatic heterocycles. The first-order valence-electron chi connectivity index (χ1n) is 7.82. The average Bonchev–Trinajstić information content (AvgIpc) is 3.32. The molecule has 2 aromatic rings. The lowest BCUT2D eigenvalue weighted by molar-refractivity contribution is -0.115. The summed E-state index contributed by atoms with van der Waals surface area (Å²) < 4.78 is 12.4. The summed E-state index contributed by atoms with van der Waals surface area (Å²) in [6.07, 6.45) is 3.81. The van der Waals surface area contributed by atoms with E-state index >= 15 is 0 Å². The lowest BCUT2D eigenvalue weighted by Gasteiger charge is -2.02. The number of aryl methyl sites for hydroxylation is 1. The Morgan fingerprint density at radius 3 is 2.96 bits per heavy atom. The van der Waals surface area contributed by atoms with E-state index in [2.05, 4.69) is 21.8 Å². The molecule has 0 unspecified atom stereocenters. The molecule has 0 saturated carbocycles. The molecule has 9 heteroatoms. The van der Waals surface area contributed by atoms with Crippen molar-refractivity contribution in [2.45, 2.75) is 13.0 Å². The molecule has 3 heterocycles. The standard InChI is InChI=1S/C17H13N5O3S/c18-4-1-5-22-8-11(6-12-16(23)20-17(26)19-12)15(21-22)10-2-3-13-14(7-10)25-9-24-13/h2-3,6-8H,1,5,9H2,(H2,19,20,23,26). The number of amides is 1. The maximum atomic E-state index is 11.9. The van der Waals surface area contributed by atoms with Crippen LogP contribution in [0.15, 0.2) is 30.1 Å². The monoisotopic (exact) mass is 367 g/mol. The molecule has 0 atom stereocenters. The third-order valence-corrected chi connectivity index (χ3v) is 4.11. The summed E-state index contributed by atoms with van der Waals surface area (Å²) in [5, 5.41) is 19.0. The van der Waals surface area contributed by atoms with Crippen LogP contribution in [0, 0.1) is 11.3 Å². The van der Waals surface area contributed by atoms with Crippen LogP contribution in [0.3, 0.4) is 0 Å². The molecular formula is C17H13N5O3S. The molecule has 1 saturated heterocycles. The predicted octanol–water partition coefficient (Wildman–Crippen LogP) is 1.54. The Balaban J connectivity index is 1.76. The lowest BCUT2D eigenvalue weighted by atomic mass is 10.1. The Kier molecular flexibility index (Phi) is 4.02. The number of carbonyl (C=O) groups is 1. The van der Waals surface area contributed by atoms with Crippen molar-refractivity contribution in [1.29, 1.82) is 5.26 Å². The quantitative estimate of drug-likeness (QED) is 0.624. The van der Waals surface area contributed by atoms with Gasteiger partial charge in [-0.1, -0.05) is 0 Å². The number of rotatable bonds is 4. The molecule has 1 aromatic heterocycles. The number of aromatic nitrogens is 2. The largest absolute Gasteiger partial charge is 0.454 e. The van der Waals surface area contributed by atoms with Crippen molar-refractivity contribution in [3.05, 3.63) is 35.7 Å². The normalized spacial score (nSPS) is 16.5. The van der Waals surface area contributed by atoms with Gasteiger partial charge in [-0.25, -0.2) is 0 Å². The van der Waals surface area contributed by atoms with E-state index in [1.54, 1.807) is 17.0 Å². The van der Waals surface area contributed by atoms with Crippen molar-refractivity contribution in [2.75, 3.05) is 6.79 Å².